The normalized spacial score (nSPS) is 11.4. The molecule has 0 aliphatic rings. The smallest absolute Gasteiger partial charge is 0.267 e. The maximum atomic E-state index is 13.7. The summed E-state index contributed by atoms with van der Waals surface area (Å²) in [5.74, 6) is -2.74. The number of rotatable bonds is 3. The van der Waals surface area contributed by atoms with Crippen LogP contribution in [0, 0.1) is 18.6 Å². The minimum absolute atomic E-state index is 0.0197. The van der Waals surface area contributed by atoms with Crippen molar-refractivity contribution in [3.63, 3.8) is 0 Å². The van der Waals surface area contributed by atoms with Crippen LogP contribution in [0.5, 0.6) is 5.75 Å². The molecule has 0 bridgehead atoms. The second-order valence-electron chi connectivity index (χ2n) is 4.42. The summed E-state index contributed by atoms with van der Waals surface area (Å²) in [6.45, 7) is 1.62. The predicted octanol–water partition coefficient (Wildman–Crippen LogP) is 2.36. The van der Waals surface area contributed by atoms with E-state index in [4.69, 9.17) is 5.73 Å². The van der Waals surface area contributed by atoms with E-state index in [1.54, 1.807) is 6.92 Å². The van der Waals surface area contributed by atoms with Crippen LogP contribution in [0.25, 0.3) is 0 Å². The van der Waals surface area contributed by atoms with Crippen LogP contribution in [0.2, 0.25) is 0 Å². The Morgan fingerprint density at radius 1 is 1.14 bits per heavy atom. The molecule has 0 fully saturated rings. The molecule has 5 nitrogen and oxygen atoms in total. The van der Waals surface area contributed by atoms with Gasteiger partial charge in [0, 0.05) is 11.8 Å². The minimum Gasteiger partial charge on any atom is -0.508 e. The van der Waals surface area contributed by atoms with Crippen molar-refractivity contribution in [1.82, 2.24) is 0 Å². The summed E-state index contributed by atoms with van der Waals surface area (Å²) < 4.78 is 53.4. The van der Waals surface area contributed by atoms with Gasteiger partial charge in [-0.05, 0) is 30.7 Å². The molecule has 2 aromatic rings. The molecule has 0 atom stereocenters. The lowest BCUT2D eigenvalue weighted by molar-refractivity contribution is 0.471. The van der Waals surface area contributed by atoms with Crippen LogP contribution < -0.4 is 10.5 Å². The molecule has 0 heterocycles. The van der Waals surface area contributed by atoms with Crippen molar-refractivity contribution in [2.75, 3.05) is 10.5 Å². The fourth-order valence-corrected chi connectivity index (χ4v) is 2.89. The number of nitrogens with one attached hydrogen (secondary N) is 1. The second-order valence-corrected chi connectivity index (χ2v) is 6.04. The van der Waals surface area contributed by atoms with E-state index in [-0.39, 0.29) is 17.1 Å². The van der Waals surface area contributed by atoms with Crippen molar-refractivity contribution in [3.05, 3.63) is 47.5 Å². The first-order valence-electron chi connectivity index (χ1n) is 5.77. The van der Waals surface area contributed by atoms with Crippen molar-refractivity contribution < 1.29 is 22.3 Å². The van der Waals surface area contributed by atoms with Crippen LogP contribution >= 0.6 is 0 Å². The van der Waals surface area contributed by atoms with E-state index in [2.05, 4.69) is 0 Å². The second kappa shape index (κ2) is 5.21. The zero-order valence-electron chi connectivity index (χ0n) is 10.9. The number of hydrogen-bond acceptors (Lipinski definition) is 4. The molecule has 0 radical (unpaired) electrons. The van der Waals surface area contributed by atoms with Gasteiger partial charge in [-0.15, -0.1) is 0 Å². The lowest BCUT2D eigenvalue weighted by Gasteiger charge is -2.11. The van der Waals surface area contributed by atoms with Gasteiger partial charge in [0.15, 0.2) is 4.90 Å². The minimum atomic E-state index is -4.49. The molecule has 8 heteroatoms. The number of benzene rings is 2. The Labute approximate surface area is 120 Å². The zero-order valence-corrected chi connectivity index (χ0v) is 11.7. The molecule has 0 unspecified atom stereocenters. The quantitative estimate of drug-likeness (QED) is 0.758. The average molecular weight is 314 g/mol. The Hall–Kier alpha value is -2.35. The number of phenols is 1. The van der Waals surface area contributed by atoms with E-state index < -0.39 is 26.6 Å². The number of hydrogen-bond donors (Lipinski definition) is 3. The van der Waals surface area contributed by atoms with E-state index >= 15 is 0 Å². The summed E-state index contributed by atoms with van der Waals surface area (Å²) in [5, 5.41) is 9.51. The first-order valence-corrected chi connectivity index (χ1v) is 7.26. The van der Waals surface area contributed by atoms with Gasteiger partial charge in [-0.25, -0.2) is 17.2 Å². The summed E-state index contributed by atoms with van der Waals surface area (Å²) in [7, 11) is -4.49. The monoisotopic (exact) mass is 314 g/mol. The number of nitrogen functional groups attached to an aromatic ring is 1. The molecule has 112 valence electrons. The third kappa shape index (κ3) is 3.05. The molecule has 0 aliphatic heterocycles. The molecule has 4 N–H and O–H groups in total. The molecule has 0 aliphatic carbocycles. The SMILES string of the molecule is Cc1ccc(NS(=O)(=O)c2c(F)cc(N)cc2F)cc1O. The number of nitrogens with two attached hydrogens (primary N) is 1. The van der Waals surface area contributed by atoms with Crippen LogP contribution in [0.4, 0.5) is 20.2 Å². The summed E-state index contributed by atoms with van der Waals surface area (Å²) in [6.07, 6.45) is 0. The highest BCUT2D eigenvalue weighted by atomic mass is 32.2. The molecular weight excluding hydrogens is 302 g/mol. The Balaban J connectivity index is 2.46. The molecule has 0 saturated heterocycles. The third-order valence-electron chi connectivity index (χ3n) is 2.75. The van der Waals surface area contributed by atoms with Gasteiger partial charge in [-0.2, -0.15) is 0 Å². The first-order chi connectivity index (χ1) is 9.70. The maximum absolute atomic E-state index is 13.7. The number of anilines is 2. The van der Waals surface area contributed by atoms with E-state index in [1.807, 2.05) is 4.72 Å². The highest BCUT2D eigenvalue weighted by Crippen LogP contribution is 2.26. The van der Waals surface area contributed by atoms with Gasteiger partial charge in [0.2, 0.25) is 0 Å². The summed E-state index contributed by atoms with van der Waals surface area (Å²) >= 11 is 0. The Kier molecular flexibility index (Phi) is 3.73. The van der Waals surface area contributed by atoms with Crippen LogP contribution in [-0.2, 0) is 10.0 Å². The Morgan fingerprint density at radius 3 is 2.24 bits per heavy atom. The topological polar surface area (TPSA) is 92.4 Å². The van der Waals surface area contributed by atoms with Crippen molar-refractivity contribution >= 4 is 21.4 Å². The van der Waals surface area contributed by atoms with Gasteiger partial charge in [-0.3, -0.25) is 4.72 Å². The zero-order chi connectivity index (χ0) is 15.8. The average Bonchev–Trinajstić information content (AvgIpc) is 2.31. The molecule has 21 heavy (non-hydrogen) atoms. The molecule has 0 amide bonds. The summed E-state index contributed by atoms with van der Waals surface area (Å²) in [4.78, 5) is -1.13. The van der Waals surface area contributed by atoms with Gasteiger partial charge in [0.25, 0.3) is 10.0 Å². The molecular formula is C13H12F2N2O3S. The number of sulfonamides is 1. The summed E-state index contributed by atoms with van der Waals surface area (Å²) in [5.41, 5.74) is 5.52. The third-order valence-corrected chi connectivity index (χ3v) is 4.18. The first kappa shape index (κ1) is 15.0. The number of aryl methyl sites for hydroxylation is 1. The highest BCUT2D eigenvalue weighted by Gasteiger charge is 2.25. The molecule has 2 rings (SSSR count). The van der Waals surface area contributed by atoms with Gasteiger partial charge < -0.3 is 10.8 Å². The van der Waals surface area contributed by atoms with Gasteiger partial charge >= 0.3 is 0 Å². The summed E-state index contributed by atoms with van der Waals surface area (Å²) in [6, 6.07) is 5.39. The van der Waals surface area contributed by atoms with Gasteiger partial charge in [0.05, 0.1) is 5.69 Å². The molecule has 2 aromatic carbocycles. The van der Waals surface area contributed by atoms with Crippen molar-refractivity contribution in [1.29, 1.82) is 0 Å². The van der Waals surface area contributed by atoms with Gasteiger partial charge in [-0.1, -0.05) is 6.07 Å². The van der Waals surface area contributed by atoms with Crippen molar-refractivity contribution in [3.8, 4) is 5.75 Å². The van der Waals surface area contributed by atoms with E-state index in [1.165, 1.54) is 12.1 Å². The van der Waals surface area contributed by atoms with Crippen LogP contribution in [0.1, 0.15) is 5.56 Å². The highest BCUT2D eigenvalue weighted by molar-refractivity contribution is 7.92. The van der Waals surface area contributed by atoms with E-state index in [0.29, 0.717) is 17.7 Å². The van der Waals surface area contributed by atoms with Crippen LogP contribution in [0.15, 0.2) is 35.2 Å². The van der Waals surface area contributed by atoms with Crippen LogP contribution in [-0.4, -0.2) is 13.5 Å². The molecule has 0 aromatic heterocycles. The fraction of sp³-hybridized carbons (Fsp3) is 0.0769. The fourth-order valence-electron chi connectivity index (χ4n) is 1.72. The standard InChI is InChI=1S/C13H12F2N2O3S/c1-7-2-3-9(6-12(7)18)17-21(19,20)13-10(14)4-8(16)5-11(13)15/h2-6,17-18H,16H2,1H3. The Morgan fingerprint density at radius 2 is 1.71 bits per heavy atom. The Bertz CT molecular complexity index is 784. The van der Waals surface area contributed by atoms with Crippen molar-refractivity contribution in [2.24, 2.45) is 0 Å². The van der Waals surface area contributed by atoms with E-state index in [9.17, 15) is 22.3 Å². The maximum Gasteiger partial charge on any atom is 0.267 e. The number of aromatic hydroxyl groups is 1. The van der Waals surface area contributed by atoms with Gasteiger partial charge in [0.1, 0.15) is 17.4 Å². The largest absolute Gasteiger partial charge is 0.508 e. The predicted molar refractivity (Wildman–Crippen MR) is 74.4 cm³/mol. The number of halogens is 2. The molecule has 0 spiro atoms. The number of phenolic OH excluding ortho intramolecular Hbond substituents is 1. The van der Waals surface area contributed by atoms with E-state index in [0.717, 1.165) is 6.07 Å². The van der Waals surface area contributed by atoms with Crippen molar-refractivity contribution in [2.45, 2.75) is 11.8 Å². The lowest BCUT2D eigenvalue weighted by Crippen LogP contribution is -2.16. The van der Waals surface area contributed by atoms with Crippen LogP contribution in [0.3, 0.4) is 0 Å². The lowest BCUT2D eigenvalue weighted by atomic mass is 10.2. The molecule has 0 saturated carbocycles.